The van der Waals surface area contributed by atoms with Gasteiger partial charge in [0.2, 0.25) is 0 Å². The van der Waals surface area contributed by atoms with Gasteiger partial charge in [-0.2, -0.15) is 0 Å². The van der Waals surface area contributed by atoms with Crippen LogP contribution in [0.3, 0.4) is 0 Å². The second-order valence-electron chi connectivity index (χ2n) is 4.51. The van der Waals surface area contributed by atoms with Gasteiger partial charge < -0.3 is 5.32 Å². The normalized spacial score (nSPS) is 18.0. The van der Waals surface area contributed by atoms with Crippen LogP contribution < -0.4 is 5.32 Å². The van der Waals surface area contributed by atoms with Crippen molar-refractivity contribution in [2.75, 3.05) is 0 Å². The number of hydrogen-bond donors (Lipinski definition) is 1. The maximum atomic E-state index is 4.48. The molecule has 1 heterocycles. The van der Waals surface area contributed by atoms with E-state index in [-0.39, 0.29) is 0 Å². The van der Waals surface area contributed by atoms with E-state index in [1.165, 1.54) is 35.6 Å². The molecule has 0 bridgehead atoms. The Hall–Kier alpha value is -0.410. The Morgan fingerprint density at radius 1 is 1.60 bits per heavy atom. The van der Waals surface area contributed by atoms with Crippen molar-refractivity contribution in [2.45, 2.75) is 58.0 Å². The summed E-state index contributed by atoms with van der Waals surface area (Å²) in [5.41, 5.74) is 0. The fraction of sp³-hybridized carbons (Fsp3) is 0.750. The zero-order valence-electron chi connectivity index (χ0n) is 9.62. The van der Waals surface area contributed by atoms with E-state index in [0.717, 1.165) is 12.5 Å². The van der Waals surface area contributed by atoms with Gasteiger partial charge in [-0.05, 0) is 26.2 Å². The van der Waals surface area contributed by atoms with E-state index in [1.54, 1.807) is 0 Å². The first-order valence-electron chi connectivity index (χ1n) is 5.97. The Morgan fingerprint density at radius 3 is 3.07 bits per heavy atom. The van der Waals surface area contributed by atoms with Crippen molar-refractivity contribution in [3.8, 4) is 0 Å². The number of nitrogens with zero attached hydrogens (tertiary/aromatic N) is 1. The highest BCUT2D eigenvalue weighted by Gasteiger charge is 2.26. The molecule has 1 fully saturated rings. The molecule has 1 N–H and O–H groups in total. The zero-order chi connectivity index (χ0) is 10.7. The summed E-state index contributed by atoms with van der Waals surface area (Å²) in [6, 6.07) is 0.626. The first-order chi connectivity index (χ1) is 7.29. The standard InChI is InChI=1S/C12H20N2S/c1-3-4-9(2)13-7-11-8-14-12(15-11)10-5-6-10/h8-10,13H,3-7H2,1-2H3. The molecular weight excluding hydrogens is 204 g/mol. The van der Waals surface area contributed by atoms with Crippen LogP contribution in [0.5, 0.6) is 0 Å². The van der Waals surface area contributed by atoms with Crippen LogP contribution in [0, 0.1) is 0 Å². The van der Waals surface area contributed by atoms with E-state index in [0.29, 0.717) is 6.04 Å². The third kappa shape index (κ3) is 3.28. The lowest BCUT2D eigenvalue weighted by molar-refractivity contribution is 0.511. The molecule has 2 nitrogen and oxygen atoms in total. The number of rotatable bonds is 6. The van der Waals surface area contributed by atoms with E-state index in [4.69, 9.17) is 0 Å². The molecule has 1 atom stereocenters. The fourth-order valence-corrected chi connectivity index (χ4v) is 2.77. The fourth-order valence-electron chi connectivity index (χ4n) is 1.73. The molecule has 15 heavy (non-hydrogen) atoms. The largest absolute Gasteiger partial charge is 0.309 e. The van der Waals surface area contributed by atoms with E-state index >= 15 is 0 Å². The van der Waals surface area contributed by atoms with Crippen LogP contribution in [0.4, 0.5) is 0 Å². The van der Waals surface area contributed by atoms with Gasteiger partial charge in [0.05, 0.1) is 5.01 Å². The van der Waals surface area contributed by atoms with Crippen molar-refractivity contribution in [2.24, 2.45) is 0 Å². The monoisotopic (exact) mass is 224 g/mol. The predicted octanol–water partition coefficient (Wildman–Crippen LogP) is 3.30. The van der Waals surface area contributed by atoms with E-state index < -0.39 is 0 Å². The van der Waals surface area contributed by atoms with Crippen molar-refractivity contribution in [1.82, 2.24) is 10.3 Å². The third-order valence-corrected chi connectivity index (χ3v) is 4.00. The zero-order valence-corrected chi connectivity index (χ0v) is 10.4. The lowest BCUT2D eigenvalue weighted by atomic mass is 10.2. The van der Waals surface area contributed by atoms with Crippen molar-refractivity contribution >= 4 is 11.3 Å². The second kappa shape index (κ2) is 5.08. The summed E-state index contributed by atoms with van der Waals surface area (Å²) < 4.78 is 0. The number of nitrogens with one attached hydrogen (secondary N) is 1. The Morgan fingerprint density at radius 2 is 2.40 bits per heavy atom. The average molecular weight is 224 g/mol. The van der Waals surface area contributed by atoms with Crippen LogP contribution in [0.25, 0.3) is 0 Å². The SMILES string of the molecule is CCCC(C)NCc1cnc(C2CC2)s1. The summed E-state index contributed by atoms with van der Waals surface area (Å²) in [5.74, 6) is 0.803. The van der Waals surface area contributed by atoms with Gasteiger partial charge in [0.25, 0.3) is 0 Å². The Labute approximate surface area is 96.1 Å². The minimum Gasteiger partial charge on any atom is -0.309 e. The molecule has 1 saturated carbocycles. The second-order valence-corrected chi connectivity index (χ2v) is 5.66. The van der Waals surface area contributed by atoms with Crippen LogP contribution >= 0.6 is 11.3 Å². The smallest absolute Gasteiger partial charge is 0.0959 e. The molecular formula is C12H20N2S. The predicted molar refractivity (Wildman–Crippen MR) is 65.3 cm³/mol. The van der Waals surface area contributed by atoms with Crippen molar-refractivity contribution in [1.29, 1.82) is 0 Å². The quantitative estimate of drug-likeness (QED) is 0.802. The van der Waals surface area contributed by atoms with Crippen LogP contribution in [-0.2, 0) is 6.54 Å². The minimum absolute atomic E-state index is 0.626. The molecule has 0 saturated heterocycles. The van der Waals surface area contributed by atoms with Gasteiger partial charge >= 0.3 is 0 Å². The number of aromatic nitrogens is 1. The summed E-state index contributed by atoms with van der Waals surface area (Å²) in [4.78, 5) is 5.87. The Kier molecular flexibility index (Phi) is 3.76. The van der Waals surface area contributed by atoms with Crippen LogP contribution in [-0.4, -0.2) is 11.0 Å². The summed E-state index contributed by atoms with van der Waals surface area (Å²) in [7, 11) is 0. The molecule has 84 valence electrons. The highest BCUT2D eigenvalue weighted by Crippen LogP contribution is 2.41. The number of thiazole rings is 1. The molecule has 0 spiro atoms. The molecule has 1 aliphatic carbocycles. The Balaban J connectivity index is 1.77. The summed E-state index contributed by atoms with van der Waals surface area (Å²) >= 11 is 1.89. The van der Waals surface area contributed by atoms with Crippen LogP contribution in [0.1, 0.15) is 55.3 Å². The van der Waals surface area contributed by atoms with Gasteiger partial charge in [0.1, 0.15) is 0 Å². The lowest BCUT2D eigenvalue weighted by Crippen LogP contribution is -2.24. The highest BCUT2D eigenvalue weighted by molar-refractivity contribution is 7.11. The minimum atomic E-state index is 0.626. The van der Waals surface area contributed by atoms with Gasteiger partial charge in [0.15, 0.2) is 0 Å². The first-order valence-corrected chi connectivity index (χ1v) is 6.79. The maximum absolute atomic E-state index is 4.48. The van der Waals surface area contributed by atoms with Crippen molar-refractivity contribution in [3.63, 3.8) is 0 Å². The topological polar surface area (TPSA) is 24.9 Å². The van der Waals surface area contributed by atoms with E-state index in [9.17, 15) is 0 Å². The molecule has 1 aromatic heterocycles. The van der Waals surface area contributed by atoms with E-state index in [1.807, 2.05) is 17.5 Å². The molecule has 2 rings (SSSR count). The average Bonchev–Trinajstić information content (AvgIpc) is 2.96. The van der Waals surface area contributed by atoms with Gasteiger partial charge in [0, 0.05) is 29.6 Å². The van der Waals surface area contributed by atoms with Crippen molar-refractivity contribution in [3.05, 3.63) is 16.1 Å². The molecule has 3 heteroatoms. The Bertz CT molecular complexity index is 304. The first kappa shape index (κ1) is 11.1. The summed E-state index contributed by atoms with van der Waals surface area (Å²) in [5, 5.41) is 4.90. The van der Waals surface area contributed by atoms with Gasteiger partial charge in [-0.1, -0.05) is 13.3 Å². The molecule has 0 radical (unpaired) electrons. The molecule has 0 aromatic carbocycles. The maximum Gasteiger partial charge on any atom is 0.0959 e. The third-order valence-electron chi connectivity index (χ3n) is 2.84. The molecule has 0 aliphatic heterocycles. The van der Waals surface area contributed by atoms with Crippen LogP contribution in [0.15, 0.2) is 6.20 Å². The lowest BCUT2D eigenvalue weighted by Gasteiger charge is -2.10. The molecule has 1 unspecified atom stereocenters. The molecule has 1 aromatic rings. The molecule has 1 aliphatic rings. The number of hydrogen-bond acceptors (Lipinski definition) is 3. The van der Waals surface area contributed by atoms with E-state index in [2.05, 4.69) is 24.1 Å². The highest BCUT2D eigenvalue weighted by atomic mass is 32.1. The van der Waals surface area contributed by atoms with Gasteiger partial charge in [-0.15, -0.1) is 11.3 Å². The summed E-state index contributed by atoms with van der Waals surface area (Å²) in [6.45, 7) is 5.48. The van der Waals surface area contributed by atoms with Gasteiger partial charge in [-0.25, -0.2) is 4.98 Å². The molecule has 0 amide bonds. The van der Waals surface area contributed by atoms with Gasteiger partial charge in [-0.3, -0.25) is 0 Å². The summed E-state index contributed by atoms with van der Waals surface area (Å²) in [6.07, 6.45) is 7.27. The van der Waals surface area contributed by atoms with Crippen molar-refractivity contribution < 1.29 is 0 Å². The van der Waals surface area contributed by atoms with Crippen LogP contribution in [0.2, 0.25) is 0 Å².